The molecule has 1 heterocycles. The summed E-state index contributed by atoms with van der Waals surface area (Å²) >= 11 is 0. The molecule has 0 saturated heterocycles. The number of carbonyl (C=O) groups is 3. The van der Waals surface area contributed by atoms with E-state index < -0.39 is 0 Å². The van der Waals surface area contributed by atoms with Gasteiger partial charge in [0.15, 0.2) is 0 Å². The Morgan fingerprint density at radius 1 is 0.969 bits per heavy atom. The van der Waals surface area contributed by atoms with Crippen molar-refractivity contribution in [1.29, 1.82) is 0 Å². The molecule has 7 heteroatoms. The molecule has 32 heavy (non-hydrogen) atoms. The van der Waals surface area contributed by atoms with Crippen molar-refractivity contribution >= 4 is 17.7 Å². The maximum absolute atomic E-state index is 13.1. The summed E-state index contributed by atoms with van der Waals surface area (Å²) in [5.41, 5.74) is 1.92. The second kappa shape index (κ2) is 9.02. The van der Waals surface area contributed by atoms with Crippen LogP contribution < -0.4 is 9.47 Å². The summed E-state index contributed by atoms with van der Waals surface area (Å²) in [4.78, 5) is 42.0. The van der Waals surface area contributed by atoms with Gasteiger partial charge in [0, 0.05) is 36.8 Å². The van der Waals surface area contributed by atoms with E-state index in [2.05, 4.69) is 0 Å². The summed E-state index contributed by atoms with van der Waals surface area (Å²) in [6, 6.07) is 10.2. The lowest BCUT2D eigenvalue weighted by molar-refractivity contribution is 0.0548. The normalized spacial score (nSPS) is 16.2. The second-order valence-corrected chi connectivity index (χ2v) is 8.37. The van der Waals surface area contributed by atoms with E-state index in [9.17, 15) is 14.4 Å². The molecule has 3 amide bonds. The fraction of sp³-hybridized carbons (Fsp3) is 0.400. The lowest BCUT2D eigenvalue weighted by atomic mass is 9.94. The number of rotatable bonds is 6. The molecule has 1 aliphatic heterocycles. The number of amides is 3. The van der Waals surface area contributed by atoms with Gasteiger partial charge in [-0.15, -0.1) is 0 Å². The number of imide groups is 1. The standard InChI is InChI=1S/C25H28N2O5/c1-26(15-17-9-11-19(31-2)14-22(17)32-3)23(28)16-10-12-20-21(13-16)25(30)27(24(20)29)18-7-5-4-6-8-18/h9-14,18H,4-8,15H2,1-3H3. The molecule has 2 aromatic carbocycles. The molecule has 2 aliphatic rings. The molecule has 0 spiro atoms. The molecular formula is C25H28N2O5. The zero-order chi connectivity index (χ0) is 22.8. The SMILES string of the molecule is COc1ccc(CN(C)C(=O)c2ccc3c(c2)C(=O)N(C2CCCCC2)C3=O)c(OC)c1. The van der Waals surface area contributed by atoms with Crippen LogP contribution >= 0.6 is 0 Å². The van der Waals surface area contributed by atoms with Crippen LogP contribution in [-0.2, 0) is 6.54 Å². The first-order valence-corrected chi connectivity index (χ1v) is 10.9. The highest BCUT2D eigenvalue weighted by Gasteiger charge is 2.40. The molecule has 1 saturated carbocycles. The Bertz CT molecular complexity index is 1060. The van der Waals surface area contributed by atoms with Crippen molar-refractivity contribution in [3.8, 4) is 11.5 Å². The van der Waals surface area contributed by atoms with Gasteiger partial charge >= 0.3 is 0 Å². The zero-order valence-electron chi connectivity index (χ0n) is 18.7. The molecule has 0 atom stereocenters. The van der Waals surface area contributed by atoms with Crippen LogP contribution in [0.5, 0.6) is 11.5 Å². The summed E-state index contributed by atoms with van der Waals surface area (Å²) in [7, 11) is 4.85. The maximum Gasteiger partial charge on any atom is 0.261 e. The molecular weight excluding hydrogens is 408 g/mol. The third-order valence-corrected chi connectivity index (χ3v) is 6.35. The minimum absolute atomic E-state index is 0.0412. The lowest BCUT2D eigenvalue weighted by Gasteiger charge is -2.29. The fourth-order valence-corrected chi connectivity index (χ4v) is 4.59. The van der Waals surface area contributed by atoms with Crippen LogP contribution in [0.2, 0.25) is 0 Å². The molecule has 7 nitrogen and oxygen atoms in total. The minimum atomic E-state index is -0.286. The van der Waals surface area contributed by atoms with Crippen LogP contribution in [0.15, 0.2) is 36.4 Å². The van der Waals surface area contributed by atoms with Gasteiger partial charge < -0.3 is 14.4 Å². The van der Waals surface area contributed by atoms with E-state index >= 15 is 0 Å². The monoisotopic (exact) mass is 436 g/mol. The van der Waals surface area contributed by atoms with Crippen LogP contribution in [-0.4, -0.2) is 54.8 Å². The van der Waals surface area contributed by atoms with Gasteiger partial charge in [-0.05, 0) is 43.2 Å². The molecule has 168 valence electrons. The van der Waals surface area contributed by atoms with Crippen LogP contribution in [0.25, 0.3) is 0 Å². The first kappa shape index (κ1) is 21.9. The van der Waals surface area contributed by atoms with Crippen LogP contribution in [0.1, 0.15) is 68.7 Å². The molecule has 0 N–H and O–H groups in total. The number of hydrogen-bond donors (Lipinski definition) is 0. The highest BCUT2D eigenvalue weighted by Crippen LogP contribution is 2.32. The minimum Gasteiger partial charge on any atom is -0.497 e. The second-order valence-electron chi connectivity index (χ2n) is 8.37. The molecule has 0 bridgehead atoms. The van der Waals surface area contributed by atoms with Crippen molar-refractivity contribution in [2.24, 2.45) is 0 Å². The number of ether oxygens (including phenoxy) is 2. The third kappa shape index (κ3) is 3.95. The van der Waals surface area contributed by atoms with E-state index in [4.69, 9.17) is 9.47 Å². The van der Waals surface area contributed by atoms with Crippen molar-refractivity contribution < 1.29 is 23.9 Å². The predicted octanol–water partition coefficient (Wildman–Crippen LogP) is 3.90. The van der Waals surface area contributed by atoms with Gasteiger partial charge in [0.1, 0.15) is 11.5 Å². The average molecular weight is 437 g/mol. The molecule has 0 radical (unpaired) electrons. The smallest absolute Gasteiger partial charge is 0.261 e. The van der Waals surface area contributed by atoms with E-state index in [1.165, 1.54) is 4.90 Å². The lowest BCUT2D eigenvalue weighted by Crippen LogP contribution is -2.40. The third-order valence-electron chi connectivity index (χ3n) is 6.35. The maximum atomic E-state index is 13.1. The summed E-state index contributed by atoms with van der Waals surface area (Å²) in [6.07, 6.45) is 4.90. The van der Waals surface area contributed by atoms with E-state index in [1.54, 1.807) is 50.4 Å². The predicted molar refractivity (Wildman–Crippen MR) is 119 cm³/mol. The zero-order valence-corrected chi connectivity index (χ0v) is 18.7. The summed E-state index contributed by atoms with van der Waals surface area (Å²) in [6.45, 7) is 0.324. The molecule has 1 aliphatic carbocycles. The molecule has 4 rings (SSSR count). The Morgan fingerprint density at radius 2 is 1.69 bits per heavy atom. The van der Waals surface area contributed by atoms with Crippen LogP contribution in [0.4, 0.5) is 0 Å². The number of methoxy groups -OCH3 is 2. The van der Waals surface area contributed by atoms with Crippen molar-refractivity contribution in [2.45, 2.75) is 44.7 Å². The number of nitrogens with zero attached hydrogens (tertiary/aromatic N) is 2. The number of benzene rings is 2. The van der Waals surface area contributed by atoms with Crippen molar-refractivity contribution in [2.75, 3.05) is 21.3 Å². The van der Waals surface area contributed by atoms with E-state index in [1.807, 2.05) is 12.1 Å². The number of hydrogen-bond acceptors (Lipinski definition) is 5. The Morgan fingerprint density at radius 3 is 2.38 bits per heavy atom. The van der Waals surface area contributed by atoms with Gasteiger partial charge in [-0.2, -0.15) is 0 Å². The first-order chi connectivity index (χ1) is 15.4. The molecule has 1 fully saturated rings. The average Bonchev–Trinajstić information content (AvgIpc) is 3.08. The Labute approximate surface area is 187 Å². The van der Waals surface area contributed by atoms with Gasteiger partial charge in [0.05, 0.1) is 25.3 Å². The van der Waals surface area contributed by atoms with Gasteiger partial charge in [-0.3, -0.25) is 19.3 Å². The van der Waals surface area contributed by atoms with Crippen molar-refractivity contribution in [1.82, 2.24) is 9.80 Å². The first-order valence-electron chi connectivity index (χ1n) is 10.9. The Kier molecular flexibility index (Phi) is 6.17. The van der Waals surface area contributed by atoms with E-state index in [0.29, 0.717) is 34.7 Å². The quantitative estimate of drug-likeness (QED) is 0.642. The molecule has 2 aromatic rings. The highest BCUT2D eigenvalue weighted by atomic mass is 16.5. The summed E-state index contributed by atoms with van der Waals surface area (Å²) < 4.78 is 10.6. The molecule has 0 unspecified atom stereocenters. The van der Waals surface area contributed by atoms with Crippen molar-refractivity contribution in [3.63, 3.8) is 0 Å². The van der Waals surface area contributed by atoms with E-state index in [-0.39, 0.29) is 23.8 Å². The van der Waals surface area contributed by atoms with Crippen molar-refractivity contribution in [3.05, 3.63) is 58.7 Å². The summed E-state index contributed by atoms with van der Waals surface area (Å²) in [5.74, 6) is 0.533. The highest BCUT2D eigenvalue weighted by molar-refractivity contribution is 6.22. The topological polar surface area (TPSA) is 76.2 Å². The van der Waals surface area contributed by atoms with E-state index in [0.717, 1.165) is 37.7 Å². The van der Waals surface area contributed by atoms with Gasteiger partial charge in [-0.1, -0.05) is 19.3 Å². The molecule has 0 aromatic heterocycles. The number of fused-ring (bicyclic) bond motifs is 1. The summed E-state index contributed by atoms with van der Waals surface area (Å²) in [5, 5.41) is 0. The van der Waals surface area contributed by atoms with Gasteiger partial charge in [0.2, 0.25) is 0 Å². The Hall–Kier alpha value is -3.35. The van der Waals surface area contributed by atoms with Gasteiger partial charge in [0.25, 0.3) is 17.7 Å². The van der Waals surface area contributed by atoms with Gasteiger partial charge in [-0.25, -0.2) is 0 Å². The largest absolute Gasteiger partial charge is 0.497 e. The van der Waals surface area contributed by atoms with Crippen LogP contribution in [0.3, 0.4) is 0 Å². The Balaban J connectivity index is 1.53. The fourth-order valence-electron chi connectivity index (χ4n) is 4.59. The van der Waals surface area contributed by atoms with Crippen LogP contribution in [0, 0.1) is 0 Å². The number of carbonyl (C=O) groups excluding carboxylic acids is 3.